The molecular formula is C20H22N4O4S2. The fourth-order valence-electron chi connectivity index (χ4n) is 3.40. The van der Waals surface area contributed by atoms with Crippen molar-refractivity contribution in [2.75, 3.05) is 25.0 Å². The third kappa shape index (κ3) is 4.03. The standard InChI is InChI=1S/C20H22N4O4S2/c1-13-14(2)29-20-18(13)19(21-12-22-20)28-11-17(25)23-15-6-5-7-16(10-15)30(26,27)24-8-3-4-9-24/h5-7,10,12H,3-4,8-9,11H2,1-2H3,(H,23,25). The molecule has 0 unspecified atom stereocenters. The van der Waals surface area contributed by atoms with Crippen LogP contribution in [0.1, 0.15) is 23.3 Å². The smallest absolute Gasteiger partial charge is 0.262 e. The number of fused-ring (bicyclic) bond motifs is 1. The quantitative estimate of drug-likeness (QED) is 0.624. The maximum absolute atomic E-state index is 12.7. The topological polar surface area (TPSA) is 101 Å². The van der Waals surface area contributed by atoms with Crippen molar-refractivity contribution in [1.29, 1.82) is 0 Å². The lowest BCUT2D eigenvalue weighted by molar-refractivity contribution is -0.118. The van der Waals surface area contributed by atoms with Crippen LogP contribution >= 0.6 is 11.3 Å². The van der Waals surface area contributed by atoms with Crippen molar-refractivity contribution in [3.63, 3.8) is 0 Å². The molecule has 158 valence electrons. The number of amides is 1. The predicted molar refractivity (Wildman–Crippen MR) is 115 cm³/mol. The summed E-state index contributed by atoms with van der Waals surface area (Å²) in [5.74, 6) is -0.0375. The Balaban J connectivity index is 1.45. The van der Waals surface area contributed by atoms with E-state index >= 15 is 0 Å². The van der Waals surface area contributed by atoms with E-state index in [0.29, 0.717) is 24.7 Å². The van der Waals surface area contributed by atoms with Gasteiger partial charge in [-0.3, -0.25) is 4.79 Å². The van der Waals surface area contributed by atoms with Crippen molar-refractivity contribution in [2.45, 2.75) is 31.6 Å². The Morgan fingerprint density at radius 1 is 1.23 bits per heavy atom. The number of nitrogens with one attached hydrogen (secondary N) is 1. The number of rotatable bonds is 6. The molecule has 1 N–H and O–H groups in total. The maximum atomic E-state index is 12.7. The molecule has 1 aromatic carbocycles. The predicted octanol–water partition coefficient (Wildman–Crippen LogP) is 3.11. The van der Waals surface area contributed by atoms with E-state index in [0.717, 1.165) is 33.5 Å². The number of aromatic nitrogens is 2. The Labute approximate surface area is 179 Å². The SMILES string of the molecule is Cc1sc2ncnc(OCC(=O)Nc3cccc(S(=O)(=O)N4CCCC4)c3)c2c1C. The van der Waals surface area contributed by atoms with Gasteiger partial charge in [0.05, 0.1) is 10.3 Å². The highest BCUT2D eigenvalue weighted by molar-refractivity contribution is 7.89. The van der Waals surface area contributed by atoms with Crippen LogP contribution < -0.4 is 10.1 Å². The number of hydrogen-bond acceptors (Lipinski definition) is 7. The number of anilines is 1. The third-order valence-corrected chi connectivity index (χ3v) is 8.10. The van der Waals surface area contributed by atoms with Crippen molar-refractivity contribution < 1.29 is 17.9 Å². The molecule has 0 radical (unpaired) electrons. The summed E-state index contributed by atoms with van der Waals surface area (Å²) in [6.45, 7) is 4.78. The monoisotopic (exact) mass is 446 g/mol. The van der Waals surface area contributed by atoms with Gasteiger partial charge in [-0.1, -0.05) is 6.07 Å². The highest BCUT2D eigenvalue weighted by Crippen LogP contribution is 2.33. The summed E-state index contributed by atoms with van der Waals surface area (Å²) in [5, 5.41) is 3.51. The van der Waals surface area contributed by atoms with Crippen molar-refractivity contribution in [3.05, 3.63) is 41.0 Å². The lowest BCUT2D eigenvalue weighted by Crippen LogP contribution is -2.28. The van der Waals surface area contributed by atoms with Gasteiger partial charge >= 0.3 is 0 Å². The minimum atomic E-state index is -3.54. The van der Waals surface area contributed by atoms with Gasteiger partial charge < -0.3 is 10.1 Å². The van der Waals surface area contributed by atoms with E-state index < -0.39 is 15.9 Å². The molecule has 0 saturated carbocycles. The molecule has 0 atom stereocenters. The fraction of sp³-hybridized carbons (Fsp3) is 0.350. The number of carbonyl (C=O) groups excluding carboxylic acids is 1. The van der Waals surface area contributed by atoms with Gasteiger partial charge in [-0.25, -0.2) is 18.4 Å². The zero-order chi connectivity index (χ0) is 21.3. The summed E-state index contributed by atoms with van der Waals surface area (Å²) in [6, 6.07) is 6.28. The number of ether oxygens (including phenoxy) is 1. The van der Waals surface area contributed by atoms with Gasteiger partial charge in [0.25, 0.3) is 5.91 Å². The number of benzene rings is 1. The summed E-state index contributed by atoms with van der Waals surface area (Å²) in [6.07, 6.45) is 3.15. The van der Waals surface area contributed by atoms with Gasteiger partial charge in [0.15, 0.2) is 6.61 Å². The summed E-state index contributed by atoms with van der Waals surface area (Å²) in [5.41, 5.74) is 1.44. The van der Waals surface area contributed by atoms with Crippen molar-refractivity contribution in [2.24, 2.45) is 0 Å². The summed E-state index contributed by atoms with van der Waals surface area (Å²) < 4.78 is 32.6. The van der Waals surface area contributed by atoms with E-state index in [1.54, 1.807) is 29.5 Å². The highest BCUT2D eigenvalue weighted by atomic mass is 32.2. The molecular weight excluding hydrogens is 424 g/mol. The first-order valence-electron chi connectivity index (χ1n) is 9.60. The van der Waals surface area contributed by atoms with Crippen LogP contribution in [0.15, 0.2) is 35.5 Å². The van der Waals surface area contributed by atoms with Crippen LogP contribution in [0.2, 0.25) is 0 Å². The second-order valence-electron chi connectivity index (χ2n) is 7.12. The zero-order valence-electron chi connectivity index (χ0n) is 16.7. The Kier molecular flexibility index (Phi) is 5.72. The molecule has 1 aliphatic rings. The summed E-state index contributed by atoms with van der Waals surface area (Å²) in [7, 11) is -3.54. The average molecular weight is 447 g/mol. The van der Waals surface area contributed by atoms with Gasteiger partial charge in [0, 0.05) is 23.7 Å². The third-order valence-electron chi connectivity index (χ3n) is 5.09. The van der Waals surface area contributed by atoms with E-state index in [1.807, 2.05) is 13.8 Å². The minimum absolute atomic E-state index is 0.171. The van der Waals surface area contributed by atoms with Gasteiger partial charge in [-0.15, -0.1) is 11.3 Å². The van der Waals surface area contributed by atoms with Crippen molar-refractivity contribution in [1.82, 2.24) is 14.3 Å². The minimum Gasteiger partial charge on any atom is -0.467 e. The molecule has 2 aromatic heterocycles. The number of hydrogen-bond donors (Lipinski definition) is 1. The van der Waals surface area contributed by atoms with Gasteiger partial charge in [0.2, 0.25) is 15.9 Å². The Bertz CT molecular complexity index is 1200. The van der Waals surface area contributed by atoms with Crippen LogP contribution in [-0.2, 0) is 14.8 Å². The molecule has 1 saturated heterocycles. The summed E-state index contributed by atoms with van der Waals surface area (Å²) in [4.78, 5) is 22.9. The van der Waals surface area contributed by atoms with Crippen LogP contribution in [0.5, 0.6) is 5.88 Å². The van der Waals surface area contributed by atoms with Gasteiger partial charge in [-0.05, 0) is 50.5 Å². The van der Waals surface area contributed by atoms with Crippen molar-refractivity contribution in [3.8, 4) is 5.88 Å². The van der Waals surface area contributed by atoms with Crippen LogP contribution in [-0.4, -0.2) is 48.3 Å². The zero-order valence-corrected chi connectivity index (χ0v) is 18.3. The molecule has 0 spiro atoms. The fourth-order valence-corrected chi connectivity index (χ4v) is 5.95. The first kappa shape index (κ1) is 20.7. The van der Waals surface area contributed by atoms with E-state index in [4.69, 9.17) is 4.74 Å². The molecule has 8 nitrogen and oxygen atoms in total. The second kappa shape index (κ2) is 8.29. The highest BCUT2D eigenvalue weighted by Gasteiger charge is 2.27. The molecule has 1 fully saturated rings. The summed E-state index contributed by atoms with van der Waals surface area (Å²) >= 11 is 1.55. The number of carbonyl (C=O) groups is 1. The molecule has 30 heavy (non-hydrogen) atoms. The molecule has 0 bridgehead atoms. The number of nitrogens with zero attached hydrogens (tertiary/aromatic N) is 3. The van der Waals surface area contributed by atoms with E-state index in [-0.39, 0.29) is 11.5 Å². The number of aryl methyl sites for hydroxylation is 2. The molecule has 1 aliphatic heterocycles. The van der Waals surface area contributed by atoms with Gasteiger partial charge in [-0.2, -0.15) is 4.31 Å². The average Bonchev–Trinajstić information content (AvgIpc) is 3.36. The molecule has 3 heterocycles. The van der Waals surface area contributed by atoms with Crippen LogP contribution in [0, 0.1) is 13.8 Å². The second-order valence-corrected chi connectivity index (χ2v) is 10.3. The first-order chi connectivity index (χ1) is 14.4. The Hall–Kier alpha value is -2.56. The normalized spacial score (nSPS) is 14.9. The molecule has 3 aromatic rings. The van der Waals surface area contributed by atoms with E-state index in [1.165, 1.54) is 16.7 Å². The number of thiophene rings is 1. The molecule has 1 amide bonds. The van der Waals surface area contributed by atoms with Crippen LogP contribution in [0.3, 0.4) is 0 Å². The van der Waals surface area contributed by atoms with E-state index in [9.17, 15) is 13.2 Å². The van der Waals surface area contributed by atoms with E-state index in [2.05, 4.69) is 15.3 Å². The number of sulfonamides is 1. The van der Waals surface area contributed by atoms with Crippen LogP contribution in [0.4, 0.5) is 5.69 Å². The van der Waals surface area contributed by atoms with Crippen molar-refractivity contribution >= 4 is 43.2 Å². The molecule has 0 aliphatic carbocycles. The largest absolute Gasteiger partial charge is 0.467 e. The maximum Gasteiger partial charge on any atom is 0.262 e. The van der Waals surface area contributed by atoms with Gasteiger partial charge in [0.1, 0.15) is 11.2 Å². The molecule has 4 rings (SSSR count). The lowest BCUT2D eigenvalue weighted by atomic mass is 10.2. The van der Waals surface area contributed by atoms with Crippen LogP contribution in [0.25, 0.3) is 10.2 Å². The lowest BCUT2D eigenvalue weighted by Gasteiger charge is -2.16. The first-order valence-corrected chi connectivity index (χ1v) is 11.9. The molecule has 10 heteroatoms. The Morgan fingerprint density at radius 2 is 2.00 bits per heavy atom. The Morgan fingerprint density at radius 3 is 2.77 bits per heavy atom.